The third-order valence-corrected chi connectivity index (χ3v) is 7.70. The second kappa shape index (κ2) is 14.2. The van der Waals surface area contributed by atoms with Gasteiger partial charge in [0.05, 0.1) is 28.9 Å². The van der Waals surface area contributed by atoms with Crippen molar-refractivity contribution in [3.8, 4) is 5.75 Å². The number of halogens is 2. The number of hydrogen-bond donors (Lipinski definition) is 1. The van der Waals surface area contributed by atoms with Crippen LogP contribution in [0.4, 0.5) is 11.4 Å². The largest absolute Gasteiger partial charge is 0.483 e. The predicted octanol–water partition coefficient (Wildman–Crippen LogP) is 7.13. The van der Waals surface area contributed by atoms with Crippen molar-refractivity contribution in [2.24, 2.45) is 10.2 Å². The fraction of sp³-hybridized carbons (Fsp3) is 0.0667. The number of nitrogens with zero attached hydrogens (tertiary/aromatic N) is 4. The Kier molecular flexibility index (Phi) is 9.89. The van der Waals surface area contributed by atoms with E-state index in [1.54, 1.807) is 72.8 Å². The quantitative estimate of drug-likeness (QED) is 0.0806. The van der Waals surface area contributed by atoms with Crippen molar-refractivity contribution in [3.05, 3.63) is 127 Å². The molecule has 1 aliphatic rings. The lowest BCUT2D eigenvalue weighted by molar-refractivity contribution is -0.384. The Morgan fingerprint density at radius 3 is 2.70 bits per heavy atom. The molecular weight excluding hydrogens is 674 g/mol. The molecule has 1 fully saturated rings. The van der Waals surface area contributed by atoms with Crippen molar-refractivity contribution in [2.75, 3.05) is 11.9 Å². The minimum atomic E-state index is -0.497. The summed E-state index contributed by atoms with van der Waals surface area (Å²) in [6, 6.07) is 21.3. The molecule has 0 atom stereocenters. The summed E-state index contributed by atoms with van der Waals surface area (Å²) in [6.45, 7) is -0.167. The molecule has 0 radical (unpaired) electrons. The van der Waals surface area contributed by atoms with E-state index in [1.165, 1.54) is 29.5 Å². The van der Waals surface area contributed by atoms with Crippen LogP contribution in [0.3, 0.4) is 0 Å². The van der Waals surface area contributed by atoms with Crippen LogP contribution in [0.5, 0.6) is 5.75 Å². The second-order valence-electron chi connectivity index (χ2n) is 9.09. The second-order valence-corrected chi connectivity index (χ2v) is 11.4. The molecule has 0 unspecified atom stereocenters. The number of rotatable bonds is 10. The zero-order valence-electron chi connectivity index (χ0n) is 22.6. The third-order valence-electron chi connectivity index (χ3n) is 5.96. The molecule has 4 aromatic rings. The monoisotopic (exact) mass is 693 g/mol. The van der Waals surface area contributed by atoms with Crippen LogP contribution in [0.15, 0.2) is 109 Å². The lowest BCUT2D eigenvalue weighted by atomic mass is 10.2. The Morgan fingerprint density at radius 2 is 1.95 bits per heavy atom. The highest BCUT2D eigenvalue weighted by molar-refractivity contribution is 9.10. The van der Waals surface area contributed by atoms with Crippen molar-refractivity contribution in [1.29, 1.82) is 0 Å². The maximum absolute atomic E-state index is 13.6. The summed E-state index contributed by atoms with van der Waals surface area (Å²) in [5, 5.41) is 23.0. The molecule has 1 saturated heterocycles. The van der Waals surface area contributed by atoms with Crippen molar-refractivity contribution in [2.45, 2.75) is 6.54 Å². The van der Waals surface area contributed by atoms with Gasteiger partial charge in [0.25, 0.3) is 17.5 Å². The van der Waals surface area contributed by atoms with Crippen LogP contribution in [0.25, 0.3) is 6.08 Å². The zero-order chi connectivity index (χ0) is 31.1. The van der Waals surface area contributed by atoms with Gasteiger partial charge in [0.15, 0.2) is 11.8 Å². The van der Waals surface area contributed by atoms with Crippen molar-refractivity contribution in [1.82, 2.24) is 4.90 Å². The summed E-state index contributed by atoms with van der Waals surface area (Å²) in [7, 11) is 0. The topological polar surface area (TPSA) is 140 Å². The summed E-state index contributed by atoms with van der Waals surface area (Å²) < 4.78 is 12.0. The van der Waals surface area contributed by atoms with Crippen LogP contribution >= 0.6 is 39.3 Å². The van der Waals surface area contributed by atoms with Crippen LogP contribution in [0, 0.1) is 10.1 Å². The average molecular weight is 695 g/mol. The number of hydrogen-bond acceptors (Lipinski definition) is 9. The van der Waals surface area contributed by atoms with E-state index in [0.29, 0.717) is 38.3 Å². The number of ether oxygens (including phenoxy) is 1. The Morgan fingerprint density at radius 1 is 1.14 bits per heavy atom. The van der Waals surface area contributed by atoms with Gasteiger partial charge in [-0.05, 0) is 72.4 Å². The average Bonchev–Trinajstić information content (AvgIpc) is 3.62. The first kappa shape index (κ1) is 30.7. The number of benzene rings is 3. The molecule has 44 heavy (non-hydrogen) atoms. The Bertz CT molecular complexity index is 1790. The minimum absolute atomic E-state index is 0.0776. The van der Waals surface area contributed by atoms with Gasteiger partial charge in [-0.1, -0.05) is 39.7 Å². The number of thioether (sulfide) groups is 1. The maximum Gasteiger partial charge on any atom is 0.270 e. The molecule has 5 rings (SSSR count). The van der Waals surface area contributed by atoms with E-state index in [9.17, 15) is 19.7 Å². The highest BCUT2D eigenvalue weighted by atomic mass is 79.9. The molecule has 0 bridgehead atoms. The fourth-order valence-electron chi connectivity index (χ4n) is 3.92. The van der Waals surface area contributed by atoms with Crippen molar-refractivity contribution >= 4 is 79.9 Å². The molecule has 2 amide bonds. The van der Waals surface area contributed by atoms with Gasteiger partial charge >= 0.3 is 0 Å². The van der Waals surface area contributed by atoms with Gasteiger partial charge in [-0.2, -0.15) is 5.10 Å². The molecule has 1 N–H and O–H groups in total. The molecule has 14 heteroatoms. The Labute approximate surface area is 268 Å². The fourth-order valence-corrected chi connectivity index (χ4v) is 5.35. The van der Waals surface area contributed by atoms with E-state index in [2.05, 4.69) is 31.4 Å². The Hall–Kier alpha value is -4.72. The first-order valence-corrected chi connectivity index (χ1v) is 14.8. The summed E-state index contributed by atoms with van der Waals surface area (Å²) in [5.41, 5.74) is 1.52. The summed E-state index contributed by atoms with van der Waals surface area (Å²) in [5.74, 6) is 0.198. The van der Waals surface area contributed by atoms with Crippen LogP contribution in [0.1, 0.15) is 16.9 Å². The molecule has 0 spiro atoms. The molecule has 1 aliphatic heterocycles. The molecule has 222 valence electrons. The van der Waals surface area contributed by atoms with Gasteiger partial charge < -0.3 is 14.5 Å². The highest BCUT2D eigenvalue weighted by Gasteiger charge is 2.34. The van der Waals surface area contributed by atoms with E-state index in [1.807, 2.05) is 0 Å². The molecular formula is C30H21BrClN5O6S. The molecule has 1 aromatic heterocycles. The first-order valence-electron chi connectivity index (χ1n) is 12.8. The van der Waals surface area contributed by atoms with E-state index in [-0.39, 0.29) is 35.8 Å². The van der Waals surface area contributed by atoms with Gasteiger partial charge in [0.1, 0.15) is 11.5 Å². The number of non-ortho nitro benzene ring substituents is 1. The van der Waals surface area contributed by atoms with Gasteiger partial charge in [-0.25, -0.2) is 0 Å². The summed E-state index contributed by atoms with van der Waals surface area (Å²) >= 11 is 10.4. The van der Waals surface area contributed by atoms with Crippen molar-refractivity contribution in [3.63, 3.8) is 0 Å². The first-order chi connectivity index (χ1) is 21.2. The number of amidine groups is 1. The van der Waals surface area contributed by atoms with Crippen LogP contribution in [0.2, 0.25) is 5.02 Å². The number of amides is 2. The standard InChI is InChI=1S/C30H21BrClN5O6S/c31-21-6-11-26(43-18-28(38)34-23-9-7-22(32)8-10-23)20(14-21)15-27-29(39)36(17-25-5-2-12-42-25)30(44-27)35-33-16-19-3-1-4-24(13-19)37(40)41/h1-16H,17-18H2,(H,34,38)/b27-15-,33-16+,35-30-. The van der Waals surface area contributed by atoms with E-state index < -0.39 is 4.92 Å². The summed E-state index contributed by atoms with van der Waals surface area (Å²) in [4.78, 5) is 38.4. The number of nitro benzene ring substituents is 1. The molecule has 0 aliphatic carbocycles. The van der Waals surface area contributed by atoms with Crippen molar-refractivity contribution < 1.29 is 23.7 Å². The number of carbonyl (C=O) groups is 2. The van der Waals surface area contributed by atoms with Crippen LogP contribution in [-0.2, 0) is 16.1 Å². The zero-order valence-corrected chi connectivity index (χ0v) is 25.7. The van der Waals surface area contributed by atoms with Gasteiger partial charge in [-0.15, -0.1) is 5.10 Å². The number of nitro groups is 1. The Balaban J connectivity index is 1.37. The van der Waals surface area contributed by atoms with Crippen LogP contribution < -0.4 is 10.1 Å². The number of nitrogens with one attached hydrogen (secondary N) is 1. The van der Waals surface area contributed by atoms with Gasteiger partial charge in [0.2, 0.25) is 0 Å². The molecule has 11 nitrogen and oxygen atoms in total. The highest BCUT2D eigenvalue weighted by Crippen LogP contribution is 2.36. The smallest absolute Gasteiger partial charge is 0.270 e. The SMILES string of the molecule is O=C(COc1ccc(Br)cc1/C=C1\S/C(=N\N=C\c2cccc([N+](=O)[O-])c2)N(Cc2ccco2)C1=O)Nc1ccc(Cl)cc1. The van der Waals surface area contributed by atoms with E-state index in [4.69, 9.17) is 20.8 Å². The normalized spacial score (nSPS) is 15.0. The number of carbonyl (C=O) groups excluding carboxylic acids is 2. The van der Waals surface area contributed by atoms with E-state index >= 15 is 0 Å². The third kappa shape index (κ3) is 8.01. The molecule has 2 heterocycles. The number of furan rings is 1. The maximum atomic E-state index is 13.6. The van der Waals surface area contributed by atoms with Gasteiger partial charge in [0, 0.05) is 38.4 Å². The minimum Gasteiger partial charge on any atom is -0.483 e. The van der Waals surface area contributed by atoms with E-state index in [0.717, 1.165) is 16.2 Å². The molecule has 3 aromatic carbocycles. The number of anilines is 1. The van der Waals surface area contributed by atoms with Crippen LogP contribution in [-0.4, -0.2) is 39.6 Å². The van der Waals surface area contributed by atoms with Gasteiger partial charge in [-0.3, -0.25) is 24.6 Å². The summed E-state index contributed by atoms with van der Waals surface area (Å²) in [6.07, 6.45) is 4.52. The lowest BCUT2D eigenvalue weighted by Crippen LogP contribution is -2.28. The predicted molar refractivity (Wildman–Crippen MR) is 173 cm³/mol. The lowest BCUT2D eigenvalue weighted by Gasteiger charge is -2.13. The molecule has 0 saturated carbocycles.